The van der Waals surface area contributed by atoms with Gasteiger partial charge in [-0.2, -0.15) is 0 Å². The first-order chi connectivity index (χ1) is 4.97. The number of hydrogen-bond acceptors (Lipinski definition) is 1. The summed E-state index contributed by atoms with van der Waals surface area (Å²) in [4.78, 5) is 4.01. The molecule has 11 heavy (non-hydrogen) atoms. The summed E-state index contributed by atoms with van der Waals surface area (Å²) in [5.74, 6) is 0. The smallest absolute Gasteiger partial charge is 0.0346 e. The molecule has 0 saturated heterocycles. The maximum absolute atomic E-state index is 4.01. The highest BCUT2D eigenvalue weighted by Gasteiger charge is 1.86. The average Bonchev–Trinajstić information content (AvgIpc) is 2.05. The lowest BCUT2D eigenvalue weighted by Gasteiger charge is -1.91. The van der Waals surface area contributed by atoms with Crippen LogP contribution in [0.3, 0.4) is 0 Å². The molecule has 0 fully saturated rings. The number of fused-ring (bicyclic) bond motifs is 1. The Morgan fingerprint density at radius 3 is 2.36 bits per heavy atom. The van der Waals surface area contributed by atoms with Crippen LogP contribution in [0, 0.1) is 0 Å². The molecule has 0 spiro atoms. The molecule has 0 atom stereocenters. The van der Waals surface area contributed by atoms with Crippen LogP contribution in [-0.4, -0.2) is 4.98 Å². The molecule has 1 heteroatoms. The fourth-order valence-electron chi connectivity index (χ4n) is 1.03. The molecule has 2 aromatic rings. The van der Waals surface area contributed by atoms with Crippen molar-refractivity contribution in [3.05, 3.63) is 42.7 Å². The molecule has 56 valence electrons. The Morgan fingerprint density at radius 1 is 0.909 bits per heavy atom. The molecule has 0 saturated carbocycles. The van der Waals surface area contributed by atoms with E-state index in [2.05, 4.69) is 17.1 Å². The zero-order chi connectivity index (χ0) is 6.81. The second-order valence-electron chi connectivity index (χ2n) is 2.22. The van der Waals surface area contributed by atoms with Crippen LogP contribution in [-0.2, 0) is 0 Å². The van der Waals surface area contributed by atoms with Gasteiger partial charge in [0.15, 0.2) is 0 Å². The molecule has 1 heterocycles. The number of benzene rings is 1. The Labute approximate surface area is 66.7 Å². The van der Waals surface area contributed by atoms with Crippen molar-refractivity contribution in [2.24, 2.45) is 0 Å². The van der Waals surface area contributed by atoms with Gasteiger partial charge < -0.3 is 0 Å². The van der Waals surface area contributed by atoms with Crippen molar-refractivity contribution >= 4 is 10.8 Å². The van der Waals surface area contributed by atoms with E-state index < -0.39 is 0 Å². The lowest BCUT2D eigenvalue weighted by molar-refractivity contribution is 1.36. The van der Waals surface area contributed by atoms with E-state index in [0.29, 0.717) is 0 Å². The molecule has 1 aromatic carbocycles. The third-order valence-corrected chi connectivity index (χ3v) is 1.55. The lowest BCUT2D eigenvalue weighted by atomic mass is 10.2. The summed E-state index contributed by atoms with van der Waals surface area (Å²) >= 11 is 0. The van der Waals surface area contributed by atoms with Crippen LogP contribution in [0.2, 0.25) is 0 Å². The van der Waals surface area contributed by atoms with Gasteiger partial charge in [-0.3, -0.25) is 4.98 Å². The standard InChI is InChI=1S/C9H7N.CH4/c1-2-4-9-7-10-6-5-8(9)3-1;/h1-7H;1H4. The predicted octanol–water partition coefficient (Wildman–Crippen LogP) is 2.87. The minimum atomic E-state index is 0. The fourth-order valence-corrected chi connectivity index (χ4v) is 1.03. The average molecular weight is 145 g/mol. The molecule has 0 aliphatic carbocycles. The van der Waals surface area contributed by atoms with Gasteiger partial charge in [-0.05, 0) is 16.8 Å². The summed E-state index contributed by atoms with van der Waals surface area (Å²) < 4.78 is 0. The van der Waals surface area contributed by atoms with Crippen LogP contribution >= 0.6 is 0 Å². The molecule has 0 N–H and O–H groups in total. The summed E-state index contributed by atoms with van der Waals surface area (Å²) in [7, 11) is 0. The molecular weight excluding hydrogens is 134 g/mol. The molecule has 0 aliphatic rings. The third-order valence-electron chi connectivity index (χ3n) is 1.55. The Bertz CT molecular complexity index is 276. The largest absolute Gasteiger partial charge is 0.264 e. The Hall–Kier alpha value is -1.37. The van der Waals surface area contributed by atoms with Crippen molar-refractivity contribution < 1.29 is 0 Å². The third kappa shape index (κ3) is 1.37. The van der Waals surface area contributed by atoms with Crippen molar-refractivity contribution in [1.29, 1.82) is 0 Å². The van der Waals surface area contributed by atoms with Gasteiger partial charge in [0.05, 0.1) is 0 Å². The molecule has 0 aliphatic heterocycles. The normalized spacial score (nSPS) is 9.09. The van der Waals surface area contributed by atoms with Crippen LogP contribution in [0.5, 0.6) is 0 Å². The van der Waals surface area contributed by atoms with Crippen molar-refractivity contribution in [3.63, 3.8) is 0 Å². The van der Waals surface area contributed by atoms with Gasteiger partial charge >= 0.3 is 0 Å². The molecule has 0 bridgehead atoms. The van der Waals surface area contributed by atoms with Crippen LogP contribution in [0.1, 0.15) is 7.43 Å². The summed E-state index contributed by atoms with van der Waals surface area (Å²) in [5, 5.41) is 2.45. The highest BCUT2D eigenvalue weighted by Crippen LogP contribution is 2.09. The topological polar surface area (TPSA) is 12.9 Å². The molecule has 1 nitrogen and oxygen atoms in total. The van der Waals surface area contributed by atoms with Crippen molar-refractivity contribution in [3.8, 4) is 0 Å². The van der Waals surface area contributed by atoms with Crippen LogP contribution in [0.4, 0.5) is 0 Å². The first kappa shape index (κ1) is 7.73. The van der Waals surface area contributed by atoms with E-state index in [1.54, 1.807) is 0 Å². The van der Waals surface area contributed by atoms with Crippen LogP contribution in [0.25, 0.3) is 10.8 Å². The molecule has 0 radical (unpaired) electrons. The van der Waals surface area contributed by atoms with E-state index in [1.165, 1.54) is 10.8 Å². The number of pyridine rings is 1. The second kappa shape index (κ2) is 3.15. The van der Waals surface area contributed by atoms with Gasteiger partial charge in [-0.15, -0.1) is 0 Å². The molecule has 2 rings (SSSR count). The van der Waals surface area contributed by atoms with Crippen LogP contribution < -0.4 is 0 Å². The van der Waals surface area contributed by atoms with Gasteiger partial charge in [0.2, 0.25) is 0 Å². The summed E-state index contributed by atoms with van der Waals surface area (Å²) in [6, 6.07) is 10.2. The molecule has 1 aromatic heterocycles. The van der Waals surface area contributed by atoms with Crippen LogP contribution in [0.15, 0.2) is 42.7 Å². The quantitative estimate of drug-likeness (QED) is 0.555. The fraction of sp³-hybridized carbons (Fsp3) is 0.100. The van der Waals surface area contributed by atoms with Gasteiger partial charge in [0, 0.05) is 12.4 Å². The van der Waals surface area contributed by atoms with Gasteiger partial charge in [0.25, 0.3) is 0 Å². The SMILES string of the molecule is C.c1ccc2cnccc2c1. The van der Waals surface area contributed by atoms with E-state index in [4.69, 9.17) is 0 Å². The Balaban J connectivity index is 0.000000605. The van der Waals surface area contributed by atoms with Crippen molar-refractivity contribution in [2.45, 2.75) is 7.43 Å². The highest BCUT2D eigenvalue weighted by molar-refractivity contribution is 5.80. The first-order valence-electron chi connectivity index (χ1n) is 3.25. The van der Waals surface area contributed by atoms with E-state index in [0.717, 1.165) is 0 Å². The Kier molecular flexibility index (Phi) is 2.21. The maximum atomic E-state index is 4.01. The van der Waals surface area contributed by atoms with Gasteiger partial charge in [0.1, 0.15) is 0 Å². The highest BCUT2D eigenvalue weighted by atomic mass is 14.6. The maximum Gasteiger partial charge on any atom is 0.0346 e. The zero-order valence-corrected chi connectivity index (χ0v) is 5.49. The van der Waals surface area contributed by atoms with E-state index in [9.17, 15) is 0 Å². The Morgan fingerprint density at radius 2 is 1.64 bits per heavy atom. The van der Waals surface area contributed by atoms with Crippen molar-refractivity contribution in [1.82, 2.24) is 4.98 Å². The number of rotatable bonds is 0. The molecule has 0 unspecified atom stereocenters. The summed E-state index contributed by atoms with van der Waals surface area (Å²) in [6.45, 7) is 0. The minimum absolute atomic E-state index is 0. The lowest BCUT2D eigenvalue weighted by Crippen LogP contribution is -1.71. The summed E-state index contributed by atoms with van der Waals surface area (Å²) in [6.07, 6.45) is 3.68. The molecular formula is C10H11N. The van der Waals surface area contributed by atoms with Gasteiger partial charge in [-0.25, -0.2) is 0 Å². The zero-order valence-electron chi connectivity index (χ0n) is 5.49. The predicted molar refractivity (Wildman–Crippen MR) is 48.5 cm³/mol. The molecule has 0 amide bonds. The number of nitrogens with zero attached hydrogens (tertiary/aromatic N) is 1. The second-order valence-corrected chi connectivity index (χ2v) is 2.22. The van der Waals surface area contributed by atoms with Gasteiger partial charge in [-0.1, -0.05) is 31.7 Å². The number of hydrogen-bond donors (Lipinski definition) is 0. The monoisotopic (exact) mass is 145 g/mol. The van der Waals surface area contributed by atoms with Crippen molar-refractivity contribution in [2.75, 3.05) is 0 Å². The summed E-state index contributed by atoms with van der Waals surface area (Å²) in [5.41, 5.74) is 0. The minimum Gasteiger partial charge on any atom is -0.264 e. The first-order valence-corrected chi connectivity index (χ1v) is 3.25. The number of aromatic nitrogens is 1. The van der Waals surface area contributed by atoms with E-state index in [-0.39, 0.29) is 7.43 Å². The van der Waals surface area contributed by atoms with E-state index in [1.807, 2.05) is 30.6 Å². The van der Waals surface area contributed by atoms with E-state index >= 15 is 0 Å².